The van der Waals surface area contributed by atoms with Crippen molar-refractivity contribution in [2.75, 3.05) is 0 Å². The first kappa shape index (κ1) is 19.0. The quantitative estimate of drug-likeness (QED) is 0.405. The number of thiophene rings is 1. The average molecular weight is 427 g/mol. The van der Waals surface area contributed by atoms with Crippen LogP contribution in [0.2, 0.25) is 0 Å². The summed E-state index contributed by atoms with van der Waals surface area (Å²) in [6.45, 7) is 0.641. The van der Waals surface area contributed by atoms with Crippen molar-refractivity contribution in [2.45, 2.75) is 17.3 Å². The van der Waals surface area contributed by atoms with Crippen molar-refractivity contribution in [3.05, 3.63) is 94.8 Å². The van der Waals surface area contributed by atoms with Crippen LogP contribution in [0.1, 0.15) is 11.1 Å². The van der Waals surface area contributed by atoms with Gasteiger partial charge in [-0.25, -0.2) is 13.4 Å². The molecule has 0 aliphatic heterocycles. The molecule has 7 heteroatoms. The molecular weight excluding hydrogens is 408 g/mol. The van der Waals surface area contributed by atoms with Crippen LogP contribution >= 0.6 is 22.7 Å². The van der Waals surface area contributed by atoms with Crippen molar-refractivity contribution in [1.82, 2.24) is 9.29 Å². The molecule has 4 nitrogen and oxygen atoms in total. The molecule has 142 valence electrons. The first-order chi connectivity index (χ1) is 13.6. The van der Waals surface area contributed by atoms with E-state index in [1.165, 1.54) is 15.6 Å². The molecule has 0 radical (unpaired) electrons. The zero-order valence-corrected chi connectivity index (χ0v) is 17.4. The summed E-state index contributed by atoms with van der Waals surface area (Å²) in [5.41, 5.74) is 2.94. The fourth-order valence-corrected chi connectivity index (χ4v) is 6.08. The van der Waals surface area contributed by atoms with E-state index < -0.39 is 10.0 Å². The lowest BCUT2D eigenvalue weighted by molar-refractivity contribution is 0.402. The Labute approximate surface area is 172 Å². The molecule has 0 atom stereocenters. The van der Waals surface area contributed by atoms with Crippen LogP contribution < -0.4 is 0 Å². The van der Waals surface area contributed by atoms with Crippen LogP contribution in [-0.2, 0) is 23.1 Å². The van der Waals surface area contributed by atoms with Crippen molar-refractivity contribution >= 4 is 32.7 Å². The summed E-state index contributed by atoms with van der Waals surface area (Å²) in [6, 6.07) is 21.0. The second-order valence-electron chi connectivity index (χ2n) is 6.22. The summed E-state index contributed by atoms with van der Waals surface area (Å²) in [5.74, 6) is 0. The number of hydrogen-bond acceptors (Lipinski definition) is 5. The molecule has 0 unspecified atom stereocenters. The van der Waals surface area contributed by atoms with Gasteiger partial charge in [-0.05, 0) is 22.6 Å². The molecule has 28 heavy (non-hydrogen) atoms. The molecule has 0 spiro atoms. The minimum atomic E-state index is -3.57. The van der Waals surface area contributed by atoms with Crippen molar-refractivity contribution in [1.29, 1.82) is 0 Å². The van der Waals surface area contributed by atoms with Crippen LogP contribution in [0.3, 0.4) is 0 Å². The van der Waals surface area contributed by atoms with Crippen LogP contribution in [0.25, 0.3) is 10.6 Å². The topological polar surface area (TPSA) is 50.3 Å². The number of nitrogens with zero attached hydrogens (tertiary/aromatic N) is 2. The highest BCUT2D eigenvalue weighted by atomic mass is 32.2. The van der Waals surface area contributed by atoms with Crippen molar-refractivity contribution in [2.24, 2.45) is 0 Å². The molecule has 4 rings (SSSR count). The second-order valence-corrected chi connectivity index (χ2v) is 10.2. The minimum absolute atomic E-state index is 0.313. The van der Waals surface area contributed by atoms with Crippen LogP contribution in [-0.4, -0.2) is 17.7 Å². The van der Waals surface area contributed by atoms with Gasteiger partial charge in [-0.2, -0.15) is 4.31 Å². The molecule has 4 aromatic rings. The van der Waals surface area contributed by atoms with E-state index in [-0.39, 0.29) is 0 Å². The lowest BCUT2D eigenvalue weighted by atomic mass is 10.1. The summed E-state index contributed by atoms with van der Waals surface area (Å²) in [5, 5.41) is 4.69. The largest absolute Gasteiger partial charge is 0.253 e. The third kappa shape index (κ3) is 4.23. The van der Waals surface area contributed by atoms with Gasteiger partial charge >= 0.3 is 0 Å². The number of hydrogen-bond donors (Lipinski definition) is 0. The predicted molar refractivity (Wildman–Crippen MR) is 115 cm³/mol. The first-order valence-electron chi connectivity index (χ1n) is 8.69. The summed E-state index contributed by atoms with van der Waals surface area (Å²) >= 11 is 2.83. The lowest BCUT2D eigenvalue weighted by Gasteiger charge is -2.22. The van der Waals surface area contributed by atoms with Crippen LogP contribution in [0.4, 0.5) is 0 Å². The van der Waals surface area contributed by atoms with Gasteiger partial charge < -0.3 is 0 Å². The molecule has 2 aromatic heterocycles. The maximum atomic E-state index is 13.2. The molecular formula is C21H18N2O2S3. The van der Waals surface area contributed by atoms with Crippen molar-refractivity contribution < 1.29 is 8.42 Å². The fraction of sp³-hybridized carbons (Fsp3) is 0.0952. The molecule has 0 aliphatic carbocycles. The Morgan fingerprint density at radius 3 is 2.11 bits per heavy atom. The maximum Gasteiger partial charge on any atom is 0.253 e. The van der Waals surface area contributed by atoms with Gasteiger partial charge in [0.05, 0.1) is 0 Å². The van der Waals surface area contributed by atoms with Gasteiger partial charge in [0.1, 0.15) is 9.22 Å². The third-order valence-corrected chi connectivity index (χ3v) is 8.27. The Balaban J connectivity index is 1.62. The number of aromatic nitrogens is 1. The van der Waals surface area contributed by atoms with Crippen molar-refractivity contribution in [3.8, 4) is 10.6 Å². The highest BCUT2D eigenvalue weighted by Gasteiger charge is 2.25. The summed E-state index contributed by atoms with van der Waals surface area (Å²) in [6.07, 6.45) is 1.78. The van der Waals surface area contributed by atoms with E-state index >= 15 is 0 Å². The Morgan fingerprint density at radius 2 is 1.50 bits per heavy atom. The molecule has 0 fully saturated rings. The highest BCUT2D eigenvalue weighted by Crippen LogP contribution is 2.26. The van der Waals surface area contributed by atoms with Gasteiger partial charge in [0.15, 0.2) is 0 Å². The van der Waals surface area contributed by atoms with Gasteiger partial charge in [-0.15, -0.1) is 22.7 Å². The van der Waals surface area contributed by atoms with E-state index in [0.29, 0.717) is 17.3 Å². The molecule has 0 saturated heterocycles. The van der Waals surface area contributed by atoms with Gasteiger partial charge in [-0.3, -0.25) is 0 Å². The Kier molecular flexibility index (Phi) is 5.68. The monoisotopic (exact) mass is 426 g/mol. The lowest BCUT2D eigenvalue weighted by Crippen LogP contribution is -2.29. The van der Waals surface area contributed by atoms with Crippen molar-refractivity contribution in [3.63, 3.8) is 0 Å². The van der Waals surface area contributed by atoms with Gasteiger partial charge in [-0.1, -0.05) is 60.7 Å². The van der Waals surface area contributed by atoms with Gasteiger partial charge in [0.2, 0.25) is 0 Å². The standard InChI is InChI=1S/C21H18N2O2S3/c24-28(25,20-7-4-13-26-20)23(15-17-5-2-1-3-6-17)16-18-8-10-19(11-9-18)21-22-12-14-27-21/h1-14H,15-16H2. The van der Waals surface area contributed by atoms with Gasteiger partial charge in [0.25, 0.3) is 10.0 Å². The Bertz CT molecular complexity index is 1110. The highest BCUT2D eigenvalue weighted by molar-refractivity contribution is 7.91. The summed E-state index contributed by atoms with van der Waals surface area (Å²) in [4.78, 5) is 4.32. The van der Waals surface area contributed by atoms with E-state index in [4.69, 9.17) is 0 Å². The molecule has 0 N–H and O–H groups in total. The maximum absolute atomic E-state index is 13.2. The fourth-order valence-electron chi connectivity index (χ4n) is 2.87. The zero-order chi connectivity index (χ0) is 19.4. The zero-order valence-electron chi connectivity index (χ0n) is 14.9. The number of sulfonamides is 1. The Hall–Kier alpha value is -2.32. The molecule has 2 heterocycles. The number of rotatable bonds is 7. The normalized spacial score (nSPS) is 11.8. The van der Waals surface area contributed by atoms with E-state index in [1.54, 1.807) is 35.0 Å². The predicted octanol–water partition coefficient (Wildman–Crippen LogP) is 5.26. The van der Waals surface area contributed by atoms with Crippen LogP contribution in [0, 0.1) is 0 Å². The molecule has 0 amide bonds. The van der Waals surface area contributed by atoms with Crippen LogP contribution in [0.5, 0.6) is 0 Å². The Morgan fingerprint density at radius 1 is 0.786 bits per heavy atom. The molecule has 0 aliphatic rings. The molecule has 2 aromatic carbocycles. The third-order valence-electron chi connectivity index (χ3n) is 4.28. The van der Waals surface area contributed by atoms with E-state index in [2.05, 4.69) is 4.98 Å². The molecule has 0 bridgehead atoms. The minimum Gasteiger partial charge on any atom is -0.245 e. The number of thiazole rings is 1. The van der Waals surface area contributed by atoms with Crippen LogP contribution in [0.15, 0.2) is 87.9 Å². The van der Waals surface area contributed by atoms with Gasteiger partial charge in [0, 0.05) is 30.2 Å². The van der Waals surface area contributed by atoms with E-state index in [0.717, 1.165) is 21.7 Å². The van der Waals surface area contributed by atoms with E-state index in [9.17, 15) is 8.42 Å². The smallest absolute Gasteiger partial charge is 0.245 e. The SMILES string of the molecule is O=S(=O)(c1cccs1)N(Cc1ccccc1)Cc1ccc(-c2nccs2)cc1. The summed E-state index contributed by atoms with van der Waals surface area (Å²) in [7, 11) is -3.57. The first-order valence-corrected chi connectivity index (χ1v) is 11.9. The molecule has 0 saturated carbocycles. The van der Waals surface area contributed by atoms with E-state index in [1.807, 2.05) is 60.0 Å². The average Bonchev–Trinajstić information content (AvgIpc) is 3.43. The second kappa shape index (κ2) is 8.36. The number of benzene rings is 2. The summed E-state index contributed by atoms with van der Waals surface area (Å²) < 4.78 is 28.3.